The van der Waals surface area contributed by atoms with Crippen molar-refractivity contribution in [3.63, 3.8) is 0 Å². The quantitative estimate of drug-likeness (QED) is 0.800. The predicted octanol–water partition coefficient (Wildman–Crippen LogP) is 1.88. The molecule has 1 aromatic carbocycles. The van der Waals surface area contributed by atoms with Gasteiger partial charge in [-0.1, -0.05) is 24.9 Å². The summed E-state index contributed by atoms with van der Waals surface area (Å²) in [5.41, 5.74) is 0. The molecule has 0 aromatic heterocycles. The molecule has 0 aliphatic carbocycles. The molecular formula is C12H16ClNO5S. The fraction of sp³-hybridized carbons (Fsp3) is 0.417. The van der Waals surface area contributed by atoms with Crippen LogP contribution in [-0.4, -0.2) is 32.6 Å². The number of benzene rings is 1. The lowest BCUT2D eigenvalue weighted by Gasteiger charge is -2.15. The number of nitrogens with one attached hydrogen (secondary N) is 1. The summed E-state index contributed by atoms with van der Waals surface area (Å²) in [7, 11) is -2.69. The molecular weight excluding hydrogens is 306 g/mol. The first-order chi connectivity index (χ1) is 9.31. The highest BCUT2D eigenvalue weighted by Gasteiger charge is 2.27. The topological polar surface area (TPSA) is 92.7 Å². The van der Waals surface area contributed by atoms with Crippen molar-refractivity contribution in [2.24, 2.45) is 0 Å². The first kappa shape index (κ1) is 16.7. The molecule has 0 bridgehead atoms. The van der Waals surface area contributed by atoms with Crippen molar-refractivity contribution in [1.29, 1.82) is 0 Å². The summed E-state index contributed by atoms with van der Waals surface area (Å²) in [6.07, 6.45) is 0.738. The third-order valence-corrected chi connectivity index (χ3v) is 4.33. The van der Waals surface area contributed by atoms with Crippen LogP contribution < -0.4 is 9.46 Å². The fourth-order valence-electron chi connectivity index (χ4n) is 1.64. The predicted molar refractivity (Wildman–Crippen MR) is 74.7 cm³/mol. The number of methoxy groups -OCH3 is 1. The molecule has 20 heavy (non-hydrogen) atoms. The number of ether oxygens (including phenoxy) is 1. The van der Waals surface area contributed by atoms with Crippen molar-refractivity contribution in [1.82, 2.24) is 4.72 Å². The summed E-state index contributed by atoms with van der Waals surface area (Å²) in [4.78, 5) is 10.9. The van der Waals surface area contributed by atoms with Crippen molar-refractivity contribution in [2.45, 2.75) is 30.7 Å². The zero-order valence-corrected chi connectivity index (χ0v) is 12.7. The minimum absolute atomic E-state index is 0.0608. The van der Waals surface area contributed by atoms with Crippen LogP contribution in [0.5, 0.6) is 5.75 Å². The van der Waals surface area contributed by atoms with Gasteiger partial charge in [0.25, 0.3) is 0 Å². The summed E-state index contributed by atoms with van der Waals surface area (Å²) in [5.74, 6) is -1.16. The van der Waals surface area contributed by atoms with E-state index in [1.54, 1.807) is 6.92 Å². The zero-order chi connectivity index (χ0) is 15.3. The molecule has 6 nitrogen and oxygen atoms in total. The molecule has 1 aromatic rings. The Morgan fingerprint density at radius 1 is 1.50 bits per heavy atom. The van der Waals surface area contributed by atoms with E-state index in [2.05, 4.69) is 4.72 Å². The number of hydrogen-bond donors (Lipinski definition) is 2. The number of rotatable bonds is 7. The van der Waals surface area contributed by atoms with Gasteiger partial charge in [0.2, 0.25) is 10.0 Å². The largest absolute Gasteiger partial charge is 0.495 e. The Balaban J connectivity index is 3.13. The van der Waals surface area contributed by atoms with Crippen LogP contribution >= 0.6 is 11.6 Å². The van der Waals surface area contributed by atoms with E-state index in [4.69, 9.17) is 21.4 Å². The summed E-state index contributed by atoms with van der Waals surface area (Å²) in [6.45, 7) is 1.77. The molecule has 0 radical (unpaired) electrons. The van der Waals surface area contributed by atoms with Gasteiger partial charge in [0.15, 0.2) is 0 Å². The van der Waals surface area contributed by atoms with E-state index in [0.29, 0.717) is 11.4 Å². The molecule has 0 saturated carbocycles. The number of carbonyl (C=O) groups is 1. The van der Waals surface area contributed by atoms with Gasteiger partial charge in [0, 0.05) is 11.1 Å². The number of carboxylic acids is 1. The van der Waals surface area contributed by atoms with E-state index in [1.807, 2.05) is 0 Å². The molecule has 0 aliphatic heterocycles. The molecule has 0 spiro atoms. The van der Waals surface area contributed by atoms with Crippen LogP contribution in [0.3, 0.4) is 0 Å². The highest BCUT2D eigenvalue weighted by molar-refractivity contribution is 7.89. The minimum atomic E-state index is -4.00. The Hall–Kier alpha value is -1.31. The Kier molecular flexibility index (Phi) is 5.79. The normalized spacial score (nSPS) is 12.9. The molecule has 0 saturated heterocycles. The van der Waals surface area contributed by atoms with Gasteiger partial charge in [-0.2, -0.15) is 4.72 Å². The molecule has 1 rings (SSSR count). The molecule has 0 amide bonds. The van der Waals surface area contributed by atoms with Crippen LogP contribution in [0.15, 0.2) is 23.1 Å². The molecule has 1 atom stereocenters. The minimum Gasteiger partial charge on any atom is -0.495 e. The van der Waals surface area contributed by atoms with E-state index < -0.39 is 22.0 Å². The fourth-order valence-corrected chi connectivity index (χ4v) is 3.17. The van der Waals surface area contributed by atoms with E-state index in [1.165, 1.54) is 25.3 Å². The van der Waals surface area contributed by atoms with Gasteiger partial charge in [-0.25, -0.2) is 8.42 Å². The smallest absolute Gasteiger partial charge is 0.321 e. The number of hydrogen-bond acceptors (Lipinski definition) is 4. The molecule has 1 unspecified atom stereocenters. The highest BCUT2D eigenvalue weighted by Crippen LogP contribution is 2.27. The second-order valence-corrected chi connectivity index (χ2v) is 6.21. The van der Waals surface area contributed by atoms with Gasteiger partial charge in [-0.05, 0) is 18.6 Å². The Morgan fingerprint density at radius 3 is 2.65 bits per heavy atom. The third kappa shape index (κ3) is 4.09. The van der Waals surface area contributed by atoms with Gasteiger partial charge in [-0.15, -0.1) is 0 Å². The molecule has 112 valence electrons. The maximum Gasteiger partial charge on any atom is 0.321 e. The van der Waals surface area contributed by atoms with E-state index >= 15 is 0 Å². The SMILES string of the molecule is CCCC(NS(=O)(=O)c1ccc(Cl)cc1OC)C(=O)O. The number of halogens is 1. The van der Waals surface area contributed by atoms with Crippen molar-refractivity contribution in [3.05, 3.63) is 23.2 Å². The number of carboxylic acid groups (broad SMARTS) is 1. The van der Waals surface area contributed by atoms with Crippen LogP contribution in [0.2, 0.25) is 5.02 Å². The van der Waals surface area contributed by atoms with Crippen LogP contribution in [0.1, 0.15) is 19.8 Å². The summed E-state index contributed by atoms with van der Waals surface area (Å²) in [6, 6.07) is 2.85. The lowest BCUT2D eigenvalue weighted by molar-refractivity contribution is -0.139. The Bertz CT molecular complexity index is 588. The van der Waals surface area contributed by atoms with Crippen LogP contribution in [0.25, 0.3) is 0 Å². The zero-order valence-electron chi connectivity index (χ0n) is 11.1. The van der Waals surface area contributed by atoms with Crippen molar-refractivity contribution >= 4 is 27.6 Å². The summed E-state index contributed by atoms with van der Waals surface area (Å²) >= 11 is 5.76. The maximum absolute atomic E-state index is 12.2. The lowest BCUT2D eigenvalue weighted by atomic mass is 10.2. The second-order valence-electron chi connectivity index (χ2n) is 4.10. The standard InChI is InChI=1S/C12H16ClNO5S/c1-3-4-9(12(15)16)14-20(17,18)11-6-5-8(13)7-10(11)19-2/h5-7,9,14H,3-4H2,1-2H3,(H,15,16). The van der Waals surface area contributed by atoms with E-state index in [0.717, 1.165) is 0 Å². The van der Waals surface area contributed by atoms with Gasteiger partial charge in [0.1, 0.15) is 16.7 Å². The molecule has 2 N–H and O–H groups in total. The first-order valence-corrected chi connectivity index (χ1v) is 7.76. The van der Waals surface area contributed by atoms with E-state index in [-0.39, 0.29) is 17.1 Å². The monoisotopic (exact) mass is 321 g/mol. The van der Waals surface area contributed by atoms with Gasteiger partial charge in [-0.3, -0.25) is 4.79 Å². The molecule has 0 aliphatic rings. The lowest BCUT2D eigenvalue weighted by Crippen LogP contribution is -2.40. The van der Waals surface area contributed by atoms with Crippen LogP contribution in [0, 0.1) is 0 Å². The number of aliphatic carboxylic acids is 1. The molecule has 8 heteroatoms. The Morgan fingerprint density at radius 2 is 2.15 bits per heavy atom. The molecule has 0 heterocycles. The number of sulfonamides is 1. The van der Waals surface area contributed by atoms with Gasteiger partial charge >= 0.3 is 5.97 Å². The molecule has 0 fully saturated rings. The summed E-state index contributed by atoms with van der Waals surface area (Å²) < 4.78 is 31.5. The summed E-state index contributed by atoms with van der Waals surface area (Å²) in [5, 5.41) is 9.33. The third-order valence-electron chi connectivity index (χ3n) is 2.59. The average Bonchev–Trinajstić information content (AvgIpc) is 2.37. The van der Waals surface area contributed by atoms with Crippen LogP contribution in [0.4, 0.5) is 0 Å². The second kappa shape index (κ2) is 6.92. The van der Waals surface area contributed by atoms with Gasteiger partial charge < -0.3 is 9.84 Å². The first-order valence-electron chi connectivity index (χ1n) is 5.90. The van der Waals surface area contributed by atoms with Gasteiger partial charge in [0.05, 0.1) is 7.11 Å². The highest BCUT2D eigenvalue weighted by atomic mass is 35.5. The van der Waals surface area contributed by atoms with Crippen molar-refractivity contribution in [2.75, 3.05) is 7.11 Å². The van der Waals surface area contributed by atoms with Crippen molar-refractivity contribution in [3.8, 4) is 5.75 Å². The van der Waals surface area contributed by atoms with Crippen LogP contribution in [-0.2, 0) is 14.8 Å². The maximum atomic E-state index is 12.2. The van der Waals surface area contributed by atoms with E-state index in [9.17, 15) is 13.2 Å². The average molecular weight is 322 g/mol. The Labute approximate surface area is 122 Å². The van der Waals surface area contributed by atoms with Crippen molar-refractivity contribution < 1.29 is 23.1 Å².